The molecular weight excluding hydrogens is 694 g/mol. The number of rotatable bonds is 17. The standard InChI is InChI=1S/C42H47NO11/c1-42(2,3)53-41(48)54-43-24-36(51-27-30-10-14-33(15-11-30)39(44)45)38(37(25-43)52-28-31-12-16-34(17-13-31)40(46)47)32-18-20-35(21-19-32)50-23-7-22-49-26-29-8-5-4-6-9-29/h4-6,8-21,36-38H,7,22-28H2,1-3H3,(H,44,45)(H,46,47)/t36-,37+,38?. The third-order valence-corrected chi connectivity index (χ3v) is 8.57. The summed E-state index contributed by atoms with van der Waals surface area (Å²) in [5.41, 5.74) is 3.10. The summed E-state index contributed by atoms with van der Waals surface area (Å²) in [5.74, 6) is -1.70. The normalized spacial score (nSPS) is 17.4. The van der Waals surface area contributed by atoms with Crippen molar-refractivity contribution in [2.75, 3.05) is 26.3 Å². The number of nitrogens with zero attached hydrogens (tertiary/aromatic N) is 1. The fourth-order valence-corrected chi connectivity index (χ4v) is 5.93. The van der Waals surface area contributed by atoms with Crippen LogP contribution in [-0.2, 0) is 43.6 Å². The number of carbonyl (C=O) groups is 3. The number of ether oxygens (including phenoxy) is 5. The molecule has 2 N–H and O–H groups in total. The van der Waals surface area contributed by atoms with Crippen LogP contribution in [0.15, 0.2) is 103 Å². The maximum absolute atomic E-state index is 12.8. The quantitative estimate of drug-likeness (QED) is 0.0815. The molecule has 0 amide bonds. The molecule has 5 rings (SSSR count). The highest BCUT2D eigenvalue weighted by molar-refractivity contribution is 5.88. The van der Waals surface area contributed by atoms with Crippen molar-refractivity contribution in [2.24, 2.45) is 0 Å². The van der Waals surface area contributed by atoms with Crippen molar-refractivity contribution in [1.29, 1.82) is 0 Å². The largest absolute Gasteiger partial charge is 0.528 e. The second-order valence-electron chi connectivity index (χ2n) is 13.9. The summed E-state index contributed by atoms with van der Waals surface area (Å²) >= 11 is 0. The van der Waals surface area contributed by atoms with Crippen LogP contribution in [-0.4, -0.2) is 77.5 Å². The molecule has 0 aliphatic carbocycles. The van der Waals surface area contributed by atoms with E-state index in [0.717, 1.165) is 28.7 Å². The van der Waals surface area contributed by atoms with Crippen LogP contribution < -0.4 is 4.74 Å². The van der Waals surface area contributed by atoms with Crippen LogP contribution in [0.2, 0.25) is 0 Å². The minimum atomic E-state index is -1.02. The molecule has 1 aliphatic rings. The highest BCUT2D eigenvalue weighted by atomic mass is 16.8. The van der Waals surface area contributed by atoms with Gasteiger partial charge in [0.15, 0.2) is 0 Å². The van der Waals surface area contributed by atoms with E-state index in [1.165, 1.54) is 29.3 Å². The van der Waals surface area contributed by atoms with Crippen molar-refractivity contribution >= 4 is 18.1 Å². The molecule has 1 aliphatic heterocycles. The van der Waals surface area contributed by atoms with E-state index in [9.17, 15) is 24.6 Å². The number of carboxylic acid groups (broad SMARTS) is 2. The zero-order valence-electron chi connectivity index (χ0n) is 30.7. The van der Waals surface area contributed by atoms with Gasteiger partial charge in [0.25, 0.3) is 0 Å². The van der Waals surface area contributed by atoms with E-state index >= 15 is 0 Å². The van der Waals surface area contributed by atoms with Gasteiger partial charge in [0.1, 0.15) is 11.4 Å². The highest BCUT2D eigenvalue weighted by Crippen LogP contribution is 2.35. The Labute approximate surface area is 315 Å². The number of carbonyl (C=O) groups excluding carboxylic acids is 1. The summed E-state index contributed by atoms with van der Waals surface area (Å²) in [7, 11) is 0. The molecule has 54 heavy (non-hydrogen) atoms. The Morgan fingerprint density at radius 2 is 1.19 bits per heavy atom. The average molecular weight is 742 g/mol. The molecule has 12 nitrogen and oxygen atoms in total. The van der Waals surface area contributed by atoms with Crippen LogP contribution in [0.4, 0.5) is 4.79 Å². The molecule has 4 aromatic rings. The molecule has 0 radical (unpaired) electrons. The minimum Gasteiger partial charge on any atom is -0.494 e. The second kappa shape index (κ2) is 19.2. The number of benzene rings is 4. The molecule has 286 valence electrons. The Hall–Kier alpha value is -5.27. The third kappa shape index (κ3) is 12.4. The van der Waals surface area contributed by atoms with Crippen LogP contribution in [0, 0.1) is 0 Å². The summed E-state index contributed by atoms with van der Waals surface area (Å²) in [5, 5.41) is 20.2. The predicted molar refractivity (Wildman–Crippen MR) is 198 cm³/mol. The van der Waals surface area contributed by atoms with Gasteiger partial charge in [-0.2, -0.15) is 0 Å². The zero-order valence-corrected chi connectivity index (χ0v) is 30.7. The SMILES string of the molecule is CC(C)(C)OC(=O)ON1C[C@H](OCc2ccc(C(=O)O)cc2)C(c2ccc(OCCCOCc3ccccc3)cc2)[C@H](OCc2ccc(C(=O)O)cc2)C1. The summed E-state index contributed by atoms with van der Waals surface area (Å²) in [6, 6.07) is 30.6. The van der Waals surface area contributed by atoms with Gasteiger partial charge in [0, 0.05) is 12.3 Å². The fourth-order valence-electron chi connectivity index (χ4n) is 5.93. The molecule has 12 heteroatoms. The molecule has 0 spiro atoms. The van der Waals surface area contributed by atoms with Gasteiger partial charge in [0.2, 0.25) is 0 Å². The molecular formula is C42H47NO11. The number of piperidine rings is 1. The van der Waals surface area contributed by atoms with Crippen LogP contribution in [0.3, 0.4) is 0 Å². The summed E-state index contributed by atoms with van der Waals surface area (Å²) < 4.78 is 30.3. The van der Waals surface area contributed by atoms with E-state index in [1.54, 1.807) is 45.0 Å². The van der Waals surface area contributed by atoms with Crippen molar-refractivity contribution in [3.63, 3.8) is 0 Å². The minimum absolute atomic E-state index is 0.151. The van der Waals surface area contributed by atoms with Crippen molar-refractivity contribution in [1.82, 2.24) is 5.06 Å². The molecule has 1 fully saturated rings. The first-order valence-electron chi connectivity index (χ1n) is 17.8. The van der Waals surface area contributed by atoms with Crippen molar-refractivity contribution in [3.8, 4) is 5.75 Å². The molecule has 1 unspecified atom stereocenters. The lowest BCUT2D eigenvalue weighted by atomic mass is 9.85. The van der Waals surface area contributed by atoms with Gasteiger partial charge in [-0.25, -0.2) is 14.4 Å². The number of hydrogen-bond acceptors (Lipinski definition) is 10. The van der Waals surface area contributed by atoms with E-state index in [0.29, 0.717) is 25.6 Å². The van der Waals surface area contributed by atoms with Crippen LogP contribution in [0.1, 0.15) is 76.1 Å². The lowest BCUT2D eigenvalue weighted by molar-refractivity contribution is -0.209. The van der Waals surface area contributed by atoms with Crippen molar-refractivity contribution < 1.29 is 53.1 Å². The maximum atomic E-state index is 12.8. The first-order chi connectivity index (χ1) is 25.9. The Kier molecular flexibility index (Phi) is 14.2. The van der Waals surface area contributed by atoms with Gasteiger partial charge in [-0.1, -0.05) is 66.7 Å². The van der Waals surface area contributed by atoms with Gasteiger partial charge in [0.05, 0.1) is 69.5 Å². The second-order valence-corrected chi connectivity index (χ2v) is 13.9. The lowest BCUT2D eigenvalue weighted by Crippen LogP contribution is -2.53. The Morgan fingerprint density at radius 3 is 1.69 bits per heavy atom. The van der Waals surface area contributed by atoms with Crippen LogP contribution in [0.5, 0.6) is 5.75 Å². The Bertz CT molecular complexity index is 1720. The fraction of sp³-hybridized carbons (Fsp3) is 0.357. The van der Waals surface area contributed by atoms with E-state index in [1.807, 2.05) is 54.6 Å². The van der Waals surface area contributed by atoms with Crippen molar-refractivity contribution in [2.45, 2.75) is 70.7 Å². The van der Waals surface area contributed by atoms with Crippen molar-refractivity contribution in [3.05, 3.63) is 137 Å². The van der Waals surface area contributed by atoms with E-state index in [4.69, 9.17) is 28.5 Å². The molecule has 0 bridgehead atoms. The average Bonchev–Trinajstić information content (AvgIpc) is 3.14. The van der Waals surface area contributed by atoms with Gasteiger partial charge < -0.3 is 38.7 Å². The first-order valence-corrected chi connectivity index (χ1v) is 17.8. The van der Waals surface area contributed by atoms with Gasteiger partial charge in [-0.15, -0.1) is 5.06 Å². The number of hydrogen-bond donors (Lipinski definition) is 2. The lowest BCUT2D eigenvalue weighted by Gasteiger charge is -2.42. The number of aromatic carboxylic acids is 2. The Morgan fingerprint density at radius 1 is 0.667 bits per heavy atom. The Balaban J connectivity index is 1.32. The topological polar surface area (TPSA) is 150 Å². The van der Waals surface area contributed by atoms with Gasteiger partial charge in [-0.3, -0.25) is 0 Å². The number of carboxylic acids is 2. The summed E-state index contributed by atoms with van der Waals surface area (Å²) in [4.78, 5) is 41.3. The zero-order chi connectivity index (χ0) is 38.5. The van der Waals surface area contributed by atoms with Crippen LogP contribution >= 0.6 is 0 Å². The van der Waals surface area contributed by atoms with E-state index < -0.39 is 35.9 Å². The molecule has 1 heterocycles. The predicted octanol–water partition coefficient (Wildman–Crippen LogP) is 7.51. The van der Waals surface area contributed by atoms with Gasteiger partial charge >= 0.3 is 18.1 Å². The molecule has 0 aromatic heterocycles. The van der Waals surface area contributed by atoms with E-state index in [-0.39, 0.29) is 43.3 Å². The summed E-state index contributed by atoms with van der Waals surface area (Å²) in [6.45, 7) is 7.50. The molecule has 1 saturated heterocycles. The smallest absolute Gasteiger partial charge is 0.494 e. The highest BCUT2D eigenvalue weighted by Gasteiger charge is 2.41. The number of hydroxylamine groups is 2. The first kappa shape index (κ1) is 39.9. The monoisotopic (exact) mass is 741 g/mol. The molecule has 0 saturated carbocycles. The van der Waals surface area contributed by atoms with Gasteiger partial charge in [-0.05, 0) is 79.4 Å². The summed E-state index contributed by atoms with van der Waals surface area (Å²) in [6.07, 6.45) is -1.27. The third-order valence-electron chi connectivity index (χ3n) is 8.57. The van der Waals surface area contributed by atoms with E-state index in [2.05, 4.69) is 0 Å². The molecule has 3 atom stereocenters. The molecule has 4 aromatic carbocycles. The maximum Gasteiger partial charge on any atom is 0.528 e. The van der Waals surface area contributed by atoms with Crippen LogP contribution in [0.25, 0.3) is 0 Å².